The molecule has 33 heavy (non-hydrogen) atoms. The van der Waals surface area contributed by atoms with E-state index in [9.17, 15) is 27.5 Å². The Hall–Kier alpha value is -4.19. The summed E-state index contributed by atoms with van der Waals surface area (Å²) in [4.78, 5) is 16.2. The normalized spacial score (nSPS) is 11.5. The maximum absolute atomic E-state index is 13.8. The van der Waals surface area contributed by atoms with E-state index >= 15 is 0 Å². The molecule has 2 heterocycles. The first kappa shape index (κ1) is 22.0. The van der Waals surface area contributed by atoms with Gasteiger partial charge in [-0.05, 0) is 35.9 Å². The van der Waals surface area contributed by atoms with Crippen LogP contribution in [0.3, 0.4) is 0 Å². The quantitative estimate of drug-likeness (QED) is 0.339. The van der Waals surface area contributed by atoms with E-state index in [1.165, 1.54) is 23.0 Å². The summed E-state index contributed by atoms with van der Waals surface area (Å²) in [6.07, 6.45) is -1.78. The van der Waals surface area contributed by atoms with Gasteiger partial charge in [-0.25, -0.2) is 18.7 Å². The zero-order chi connectivity index (χ0) is 23.8. The minimum atomic E-state index is -4.68. The van der Waals surface area contributed by atoms with Crippen molar-refractivity contribution in [3.8, 4) is 11.1 Å². The first-order chi connectivity index (χ1) is 15.7. The Bertz CT molecular complexity index is 1340. The fraction of sp³-hybridized carbons (Fsp3) is 0.0952. The van der Waals surface area contributed by atoms with E-state index in [1.54, 1.807) is 18.3 Å². The molecule has 0 aliphatic rings. The summed E-state index contributed by atoms with van der Waals surface area (Å²) < 4.78 is 53.8. The third-order valence-corrected chi connectivity index (χ3v) is 4.82. The van der Waals surface area contributed by atoms with Gasteiger partial charge in [-0.3, -0.25) is 0 Å². The number of amides is 2. The second-order valence-corrected chi connectivity index (χ2v) is 6.97. The lowest BCUT2D eigenvalue weighted by Gasteiger charge is -2.12. The molecule has 4 aromatic rings. The SMILES string of the molecule is Nc1ncnn2cc(CO)c(-c3ccc(NC(=O)Nc4cc(C(F)(F)F)ccc4F)cc3)c12. The number of benzene rings is 2. The molecule has 4 rings (SSSR count). The van der Waals surface area contributed by atoms with Gasteiger partial charge in [0.2, 0.25) is 0 Å². The third kappa shape index (κ3) is 4.41. The number of aliphatic hydroxyl groups excluding tert-OH is 1. The Morgan fingerprint density at radius 1 is 1.12 bits per heavy atom. The van der Waals surface area contributed by atoms with Gasteiger partial charge in [0, 0.05) is 23.0 Å². The van der Waals surface area contributed by atoms with E-state index in [0.717, 1.165) is 0 Å². The van der Waals surface area contributed by atoms with Crippen LogP contribution < -0.4 is 16.4 Å². The fourth-order valence-electron chi connectivity index (χ4n) is 3.33. The van der Waals surface area contributed by atoms with Crippen molar-refractivity contribution in [1.29, 1.82) is 0 Å². The van der Waals surface area contributed by atoms with E-state index in [0.29, 0.717) is 46.1 Å². The molecule has 0 bridgehead atoms. The Morgan fingerprint density at radius 2 is 1.85 bits per heavy atom. The molecule has 2 amide bonds. The summed E-state index contributed by atoms with van der Waals surface area (Å²) in [5, 5.41) is 18.3. The van der Waals surface area contributed by atoms with Crippen molar-refractivity contribution in [3.05, 3.63) is 71.9 Å². The molecule has 0 atom stereocenters. The highest BCUT2D eigenvalue weighted by Crippen LogP contribution is 2.34. The average molecular weight is 460 g/mol. The van der Waals surface area contributed by atoms with Crippen LogP contribution in [0.15, 0.2) is 55.0 Å². The number of carbonyl (C=O) groups is 1. The van der Waals surface area contributed by atoms with Gasteiger partial charge >= 0.3 is 12.2 Å². The minimum Gasteiger partial charge on any atom is -0.392 e. The number of nitrogens with two attached hydrogens (primary N) is 1. The summed E-state index contributed by atoms with van der Waals surface area (Å²) in [6, 6.07) is 7.14. The molecule has 0 saturated carbocycles. The highest BCUT2D eigenvalue weighted by atomic mass is 19.4. The molecule has 0 aliphatic heterocycles. The molecule has 2 aromatic heterocycles. The molecule has 5 N–H and O–H groups in total. The van der Waals surface area contributed by atoms with Crippen molar-refractivity contribution in [2.24, 2.45) is 0 Å². The van der Waals surface area contributed by atoms with Crippen molar-refractivity contribution in [2.45, 2.75) is 12.8 Å². The molecule has 0 radical (unpaired) electrons. The Kier molecular flexibility index (Phi) is 5.60. The van der Waals surface area contributed by atoms with Crippen LogP contribution in [0, 0.1) is 5.82 Å². The van der Waals surface area contributed by atoms with Crippen LogP contribution in [0.5, 0.6) is 0 Å². The van der Waals surface area contributed by atoms with Gasteiger partial charge in [0.1, 0.15) is 17.7 Å². The standard InChI is InChI=1S/C21H16F4N6O2/c22-15-6-3-13(21(23,24)25)7-16(15)30-20(33)29-14-4-1-11(2-5-14)17-12(9-32)8-31-18(17)19(26)27-10-28-31/h1-8,10,32H,9H2,(H2,26,27,28)(H2,29,30,33). The summed E-state index contributed by atoms with van der Waals surface area (Å²) in [7, 11) is 0. The van der Waals surface area contributed by atoms with Crippen LogP contribution >= 0.6 is 0 Å². The van der Waals surface area contributed by atoms with Gasteiger partial charge < -0.3 is 21.5 Å². The van der Waals surface area contributed by atoms with Crippen molar-refractivity contribution in [1.82, 2.24) is 14.6 Å². The second-order valence-electron chi connectivity index (χ2n) is 6.97. The molecule has 0 aliphatic carbocycles. The first-order valence-electron chi connectivity index (χ1n) is 9.44. The molecule has 0 fully saturated rings. The molecular weight excluding hydrogens is 444 g/mol. The highest BCUT2D eigenvalue weighted by molar-refractivity contribution is 6.00. The van der Waals surface area contributed by atoms with Crippen LogP contribution in [-0.2, 0) is 12.8 Å². The van der Waals surface area contributed by atoms with E-state index in [2.05, 4.69) is 20.7 Å². The van der Waals surface area contributed by atoms with Crippen LogP contribution in [0.25, 0.3) is 16.6 Å². The first-order valence-corrected chi connectivity index (χ1v) is 9.44. The number of rotatable bonds is 4. The van der Waals surface area contributed by atoms with Gasteiger partial charge in [0.25, 0.3) is 0 Å². The topological polar surface area (TPSA) is 118 Å². The molecule has 0 saturated heterocycles. The van der Waals surface area contributed by atoms with Crippen LogP contribution in [0.2, 0.25) is 0 Å². The Labute approximate surface area is 183 Å². The van der Waals surface area contributed by atoms with Crippen LogP contribution in [0.4, 0.5) is 39.5 Å². The number of nitrogens with zero attached hydrogens (tertiary/aromatic N) is 3. The third-order valence-electron chi connectivity index (χ3n) is 4.82. The number of nitrogens with one attached hydrogen (secondary N) is 2. The monoisotopic (exact) mass is 460 g/mol. The molecule has 8 nitrogen and oxygen atoms in total. The van der Waals surface area contributed by atoms with E-state index in [4.69, 9.17) is 5.73 Å². The zero-order valence-electron chi connectivity index (χ0n) is 16.7. The van der Waals surface area contributed by atoms with Crippen LogP contribution in [0.1, 0.15) is 11.1 Å². The number of halogens is 4. The second kappa shape index (κ2) is 8.39. The summed E-state index contributed by atoms with van der Waals surface area (Å²) in [5.74, 6) is -0.796. The maximum atomic E-state index is 13.8. The van der Waals surface area contributed by atoms with Gasteiger partial charge in [-0.15, -0.1) is 0 Å². The highest BCUT2D eigenvalue weighted by Gasteiger charge is 2.31. The molecule has 0 unspecified atom stereocenters. The Morgan fingerprint density at radius 3 is 2.52 bits per heavy atom. The van der Waals surface area contributed by atoms with Gasteiger partial charge in [0.05, 0.1) is 17.9 Å². The van der Waals surface area contributed by atoms with E-state index in [-0.39, 0.29) is 12.4 Å². The average Bonchev–Trinajstić information content (AvgIpc) is 3.15. The van der Waals surface area contributed by atoms with Crippen molar-refractivity contribution >= 4 is 28.7 Å². The molecule has 0 spiro atoms. The molecule has 170 valence electrons. The maximum Gasteiger partial charge on any atom is 0.416 e. The number of urea groups is 1. The summed E-state index contributed by atoms with van der Waals surface area (Å²) in [5.41, 5.74) is 6.87. The van der Waals surface area contributed by atoms with Crippen molar-refractivity contribution in [2.75, 3.05) is 16.4 Å². The lowest BCUT2D eigenvalue weighted by molar-refractivity contribution is -0.137. The summed E-state index contributed by atoms with van der Waals surface area (Å²) in [6.45, 7) is -0.275. The van der Waals surface area contributed by atoms with Gasteiger partial charge in [-0.1, -0.05) is 12.1 Å². The van der Waals surface area contributed by atoms with Crippen LogP contribution in [-0.4, -0.2) is 25.7 Å². The number of alkyl halides is 3. The van der Waals surface area contributed by atoms with Crippen molar-refractivity contribution in [3.63, 3.8) is 0 Å². The predicted octanol–water partition coefficient (Wildman–Crippen LogP) is 4.27. The van der Waals surface area contributed by atoms with Gasteiger partial charge in [-0.2, -0.15) is 18.3 Å². The molecular formula is C21H16F4N6O2. The number of hydrogen-bond donors (Lipinski definition) is 4. The Balaban J connectivity index is 1.55. The lowest BCUT2D eigenvalue weighted by Crippen LogP contribution is -2.20. The minimum absolute atomic E-state index is 0.212. The van der Waals surface area contributed by atoms with Gasteiger partial charge in [0.15, 0.2) is 5.82 Å². The predicted molar refractivity (Wildman–Crippen MR) is 113 cm³/mol. The number of aromatic nitrogens is 3. The van der Waals surface area contributed by atoms with E-state index < -0.39 is 29.3 Å². The van der Waals surface area contributed by atoms with Crippen molar-refractivity contribution < 1.29 is 27.5 Å². The summed E-state index contributed by atoms with van der Waals surface area (Å²) >= 11 is 0. The largest absolute Gasteiger partial charge is 0.416 e. The smallest absolute Gasteiger partial charge is 0.392 e. The number of nitrogen functional groups attached to an aromatic ring is 1. The number of anilines is 3. The number of hydrogen-bond acceptors (Lipinski definition) is 5. The number of aliphatic hydroxyl groups is 1. The molecule has 2 aromatic carbocycles. The molecule has 12 heteroatoms. The fourth-order valence-corrected chi connectivity index (χ4v) is 3.33. The number of carbonyl (C=O) groups excluding carboxylic acids is 1. The lowest BCUT2D eigenvalue weighted by atomic mass is 10.0. The zero-order valence-corrected chi connectivity index (χ0v) is 16.7. The van der Waals surface area contributed by atoms with E-state index in [1.807, 2.05) is 0 Å². The number of fused-ring (bicyclic) bond motifs is 1.